The van der Waals surface area contributed by atoms with Crippen LogP contribution in [0.1, 0.15) is 71.6 Å². The van der Waals surface area contributed by atoms with E-state index in [1.54, 1.807) is 33.4 Å². The molecule has 2 aromatic rings. The fourth-order valence-electron chi connectivity index (χ4n) is 5.31. The van der Waals surface area contributed by atoms with Crippen molar-refractivity contribution in [2.75, 3.05) is 6.16 Å². The molecule has 4 heteroatoms. The summed E-state index contributed by atoms with van der Waals surface area (Å²) in [6.07, 6.45) is 9.41. The van der Waals surface area contributed by atoms with Gasteiger partial charge in [0.2, 0.25) is 0 Å². The Balaban J connectivity index is 0.00000128. The van der Waals surface area contributed by atoms with Gasteiger partial charge in [0.15, 0.2) is 0 Å². The molecule has 0 N–H and O–H groups in total. The summed E-state index contributed by atoms with van der Waals surface area (Å²) >= 11 is -0.931. The van der Waals surface area contributed by atoms with Crippen LogP contribution in [0.5, 0.6) is 0 Å². The van der Waals surface area contributed by atoms with Crippen LogP contribution in [-0.2, 0) is 22.9 Å². The SMILES string of the molecule is CCCCP1C2=Cc3c(C)ccc(C)c3[CH]2[Hf+2][CH]2C1=Cc1c(C)ccc(C)c12.[Cl-].[Cl-]. The van der Waals surface area contributed by atoms with Gasteiger partial charge in [0.25, 0.3) is 0 Å². The van der Waals surface area contributed by atoms with E-state index in [9.17, 15) is 0 Å². The van der Waals surface area contributed by atoms with Crippen LogP contribution in [0, 0.1) is 27.7 Å². The van der Waals surface area contributed by atoms with Gasteiger partial charge < -0.3 is 24.8 Å². The molecule has 2 aromatic carbocycles. The summed E-state index contributed by atoms with van der Waals surface area (Å²) in [5.74, 6) is 0. The summed E-state index contributed by atoms with van der Waals surface area (Å²) in [6.45, 7) is 11.7. The van der Waals surface area contributed by atoms with E-state index in [0.717, 1.165) is 7.35 Å². The van der Waals surface area contributed by atoms with Crippen LogP contribution in [0.3, 0.4) is 0 Å². The van der Waals surface area contributed by atoms with Crippen molar-refractivity contribution in [3.8, 4) is 0 Å². The van der Waals surface area contributed by atoms with Crippen molar-refractivity contribution >= 4 is 20.1 Å². The fourth-order valence-corrected chi connectivity index (χ4v) is 19.8. The number of allylic oxidation sites excluding steroid dienone is 2. The molecule has 1 saturated heterocycles. The van der Waals surface area contributed by atoms with Gasteiger partial charge in [-0.15, -0.1) is 0 Å². The van der Waals surface area contributed by atoms with Crippen LogP contribution < -0.4 is 24.8 Å². The molecule has 0 amide bonds. The smallest absolute Gasteiger partial charge is 1.00 e. The summed E-state index contributed by atoms with van der Waals surface area (Å²) in [6, 6.07) is 9.44. The Hall–Kier alpha value is -0.200. The van der Waals surface area contributed by atoms with Gasteiger partial charge in [0.1, 0.15) is 0 Å². The van der Waals surface area contributed by atoms with E-state index in [2.05, 4.69) is 71.0 Å². The quantitative estimate of drug-likeness (QED) is 0.363. The van der Waals surface area contributed by atoms with Crippen LogP contribution in [0.2, 0.25) is 0 Å². The van der Waals surface area contributed by atoms with Gasteiger partial charge in [0, 0.05) is 0 Å². The largest absolute Gasteiger partial charge is 1.00 e. The maximum atomic E-state index is 2.66. The maximum absolute atomic E-state index is 2.66. The van der Waals surface area contributed by atoms with Crippen molar-refractivity contribution in [3.63, 3.8) is 0 Å². The molecule has 2 unspecified atom stereocenters. The number of benzene rings is 2. The molecule has 0 bridgehead atoms. The van der Waals surface area contributed by atoms with Crippen LogP contribution >= 0.6 is 7.92 Å². The Labute approximate surface area is 206 Å². The Bertz CT molecular complexity index is 974. The zero-order valence-electron chi connectivity index (χ0n) is 18.4. The van der Waals surface area contributed by atoms with Crippen molar-refractivity contribution in [2.24, 2.45) is 0 Å². The number of aryl methyl sites for hydroxylation is 4. The topological polar surface area (TPSA) is 0 Å². The molecule has 2 aliphatic carbocycles. The summed E-state index contributed by atoms with van der Waals surface area (Å²) in [4.78, 5) is 0. The second-order valence-corrected chi connectivity index (χ2v) is 16.4. The van der Waals surface area contributed by atoms with E-state index >= 15 is 0 Å². The zero-order valence-corrected chi connectivity index (χ0v) is 24.4. The van der Waals surface area contributed by atoms with E-state index in [-0.39, 0.29) is 32.7 Å². The van der Waals surface area contributed by atoms with Gasteiger partial charge in [-0.2, -0.15) is 0 Å². The van der Waals surface area contributed by atoms with Crippen LogP contribution in [0.25, 0.3) is 12.2 Å². The Kier molecular flexibility index (Phi) is 7.62. The van der Waals surface area contributed by atoms with Crippen LogP contribution in [-0.4, -0.2) is 6.16 Å². The molecule has 1 heterocycles. The molecule has 30 heavy (non-hydrogen) atoms. The molecule has 0 radical (unpaired) electrons. The predicted octanol–water partition coefficient (Wildman–Crippen LogP) is 1.80. The predicted molar refractivity (Wildman–Crippen MR) is 120 cm³/mol. The molecule has 1 aliphatic heterocycles. The van der Waals surface area contributed by atoms with E-state index in [4.69, 9.17) is 0 Å². The molecule has 0 aromatic heterocycles. The molecule has 156 valence electrons. The third-order valence-electron chi connectivity index (χ3n) is 6.89. The van der Waals surface area contributed by atoms with Gasteiger partial charge in [-0.1, -0.05) is 0 Å². The van der Waals surface area contributed by atoms with Crippen LogP contribution in [0.15, 0.2) is 34.9 Å². The zero-order chi connectivity index (χ0) is 19.6. The third-order valence-corrected chi connectivity index (χ3v) is 18.1. The summed E-state index contributed by atoms with van der Waals surface area (Å²) in [7, 11) is -0.130. The molecule has 0 nitrogen and oxygen atoms in total. The van der Waals surface area contributed by atoms with Gasteiger partial charge in [-0.05, 0) is 0 Å². The third kappa shape index (κ3) is 3.67. The minimum Gasteiger partial charge on any atom is -1.00 e. The molecule has 0 saturated carbocycles. The fraction of sp³-hybridized carbons (Fsp3) is 0.385. The monoisotopic (exact) mass is 622 g/mol. The minimum atomic E-state index is -0.931. The average molecular weight is 622 g/mol. The molecule has 2 atom stereocenters. The first kappa shape index (κ1) is 24.4. The molecular weight excluding hydrogens is 593 g/mol. The average Bonchev–Trinajstić information content (AvgIpc) is 3.25. The standard InChI is InChI=1S/C26H29P.2ClH.Hf/c1-6-7-12-27(21-13-23-17(2)8-9-18(3)24(23)14-21)22-15-25-19(4)10-11-20(5)26(25)16-22;;;/h8-11,13-16H,6-7,12H2,1-5H3;2*1H;/q;;;+2/p-2. The van der Waals surface area contributed by atoms with Crippen molar-refractivity contribution in [1.29, 1.82) is 0 Å². The van der Waals surface area contributed by atoms with Crippen molar-refractivity contribution in [1.82, 2.24) is 0 Å². The first-order valence-electron chi connectivity index (χ1n) is 10.7. The normalized spacial score (nSPS) is 22.1. The van der Waals surface area contributed by atoms with Gasteiger partial charge in [-0.3, -0.25) is 0 Å². The summed E-state index contributed by atoms with van der Waals surface area (Å²) < 4.78 is 1.68. The Morgan fingerprint density at radius 1 is 0.733 bits per heavy atom. The summed E-state index contributed by atoms with van der Waals surface area (Å²) in [5, 5.41) is 3.73. The number of fused-ring (bicyclic) bond motifs is 6. The minimum absolute atomic E-state index is 0. The maximum Gasteiger partial charge on any atom is -1.00 e. The van der Waals surface area contributed by atoms with Crippen LogP contribution in [0.4, 0.5) is 0 Å². The second kappa shape index (κ2) is 9.35. The molecule has 3 aliphatic rings. The van der Waals surface area contributed by atoms with Gasteiger partial charge >= 0.3 is 183 Å². The van der Waals surface area contributed by atoms with E-state index in [1.165, 1.54) is 30.1 Å². The second-order valence-electron chi connectivity index (χ2n) is 8.73. The Morgan fingerprint density at radius 2 is 1.17 bits per heavy atom. The summed E-state index contributed by atoms with van der Waals surface area (Å²) in [5.41, 5.74) is 12.7. The van der Waals surface area contributed by atoms with Crippen molar-refractivity contribution < 1.29 is 47.7 Å². The molecule has 1 fully saturated rings. The van der Waals surface area contributed by atoms with E-state index in [0.29, 0.717) is 0 Å². The number of unbranched alkanes of at least 4 members (excludes halogenated alkanes) is 1. The number of hydrogen-bond acceptors (Lipinski definition) is 0. The van der Waals surface area contributed by atoms with Gasteiger partial charge in [-0.25, -0.2) is 0 Å². The van der Waals surface area contributed by atoms with Gasteiger partial charge in [0.05, 0.1) is 0 Å². The molecule has 5 rings (SSSR count). The molecular formula is C26H29Cl2HfP. The van der Waals surface area contributed by atoms with E-state index in [1.807, 2.05) is 10.6 Å². The number of halogens is 2. The Morgan fingerprint density at radius 3 is 1.60 bits per heavy atom. The number of rotatable bonds is 3. The van der Waals surface area contributed by atoms with Crippen molar-refractivity contribution in [3.05, 3.63) is 79.4 Å². The van der Waals surface area contributed by atoms with Crippen molar-refractivity contribution in [2.45, 2.75) is 54.8 Å². The first-order valence-corrected chi connectivity index (χ1v) is 16.4. The molecule has 0 spiro atoms. The number of hydrogen-bond donors (Lipinski definition) is 0. The first-order chi connectivity index (χ1) is 13.5. The van der Waals surface area contributed by atoms with E-state index < -0.39 is 22.9 Å².